The molecule has 0 N–H and O–H groups in total. The van der Waals surface area contributed by atoms with Crippen LogP contribution in [-0.4, -0.2) is 51.3 Å². The summed E-state index contributed by atoms with van der Waals surface area (Å²) in [7, 11) is 3.69. The molecule has 2 rings (SSSR count). The molecule has 122 valence electrons. The number of ether oxygens (including phenoxy) is 3. The molecule has 22 heavy (non-hydrogen) atoms. The lowest BCUT2D eigenvalue weighted by Gasteiger charge is -2.28. The summed E-state index contributed by atoms with van der Waals surface area (Å²) in [5.41, 5.74) is 0.427. The van der Waals surface area contributed by atoms with Crippen LogP contribution in [0.4, 0.5) is 0 Å². The normalized spacial score (nSPS) is 16.3. The Morgan fingerprint density at radius 3 is 2.68 bits per heavy atom. The van der Waals surface area contributed by atoms with Crippen LogP contribution in [0.15, 0.2) is 18.2 Å². The largest absolute Gasteiger partial charge is 0.496 e. The zero-order valence-electron chi connectivity index (χ0n) is 13.6. The van der Waals surface area contributed by atoms with Gasteiger partial charge in [0.05, 0.1) is 20.3 Å². The van der Waals surface area contributed by atoms with Crippen LogP contribution >= 0.6 is 0 Å². The maximum absolute atomic E-state index is 11.8. The summed E-state index contributed by atoms with van der Waals surface area (Å²) in [6.07, 6.45) is 2.32. The van der Waals surface area contributed by atoms with Crippen molar-refractivity contribution >= 4 is 5.97 Å². The standard InChI is InChI=1S/C17H25NO4/c1-4-21-17(19)15-6-5-14(11-16(15)20-3)22-12-13-7-9-18(2)10-8-13/h5-6,11,13H,4,7-10,12H2,1-3H3. The number of hydrogen-bond donors (Lipinski definition) is 0. The van der Waals surface area contributed by atoms with Crippen LogP contribution in [0.1, 0.15) is 30.1 Å². The molecule has 0 atom stereocenters. The fourth-order valence-electron chi connectivity index (χ4n) is 2.58. The Kier molecular flexibility index (Phi) is 6.07. The number of benzene rings is 1. The predicted octanol–water partition coefficient (Wildman–Crippen LogP) is 2.59. The van der Waals surface area contributed by atoms with Gasteiger partial charge >= 0.3 is 5.97 Å². The maximum Gasteiger partial charge on any atom is 0.341 e. The van der Waals surface area contributed by atoms with E-state index < -0.39 is 0 Å². The molecule has 0 saturated carbocycles. The third-order valence-electron chi connectivity index (χ3n) is 3.99. The molecule has 1 aliphatic heterocycles. The zero-order valence-corrected chi connectivity index (χ0v) is 13.6. The fourth-order valence-corrected chi connectivity index (χ4v) is 2.58. The predicted molar refractivity (Wildman–Crippen MR) is 84.7 cm³/mol. The lowest BCUT2D eigenvalue weighted by molar-refractivity contribution is 0.0522. The Balaban J connectivity index is 1.96. The molecule has 1 fully saturated rings. The smallest absolute Gasteiger partial charge is 0.341 e. The van der Waals surface area contributed by atoms with Crippen molar-refractivity contribution in [2.24, 2.45) is 5.92 Å². The molecule has 0 aliphatic carbocycles. The van der Waals surface area contributed by atoms with Crippen molar-refractivity contribution in [2.75, 3.05) is 40.5 Å². The first-order valence-electron chi connectivity index (χ1n) is 7.80. The van der Waals surface area contributed by atoms with E-state index in [9.17, 15) is 4.79 Å². The van der Waals surface area contributed by atoms with E-state index >= 15 is 0 Å². The number of hydrogen-bond acceptors (Lipinski definition) is 5. The van der Waals surface area contributed by atoms with Crippen LogP contribution < -0.4 is 9.47 Å². The van der Waals surface area contributed by atoms with Gasteiger partial charge < -0.3 is 19.1 Å². The Labute approximate surface area is 132 Å². The Bertz CT molecular complexity index is 495. The number of likely N-dealkylation sites (tertiary alicyclic amines) is 1. The van der Waals surface area contributed by atoms with Gasteiger partial charge in [-0.05, 0) is 58.0 Å². The number of nitrogens with zero attached hydrogens (tertiary/aromatic N) is 1. The van der Waals surface area contributed by atoms with E-state index in [4.69, 9.17) is 14.2 Å². The summed E-state index contributed by atoms with van der Waals surface area (Å²) in [6.45, 7) is 5.08. The molecule has 1 heterocycles. The van der Waals surface area contributed by atoms with E-state index in [-0.39, 0.29) is 5.97 Å². The number of esters is 1. The van der Waals surface area contributed by atoms with Gasteiger partial charge in [0.1, 0.15) is 17.1 Å². The lowest BCUT2D eigenvalue weighted by atomic mass is 9.98. The van der Waals surface area contributed by atoms with Crippen molar-refractivity contribution in [1.29, 1.82) is 0 Å². The highest BCUT2D eigenvalue weighted by atomic mass is 16.5. The van der Waals surface area contributed by atoms with Gasteiger partial charge in [-0.1, -0.05) is 0 Å². The molecule has 5 nitrogen and oxygen atoms in total. The maximum atomic E-state index is 11.8. The second-order valence-corrected chi connectivity index (χ2v) is 5.64. The van der Waals surface area contributed by atoms with Crippen molar-refractivity contribution in [2.45, 2.75) is 19.8 Å². The van der Waals surface area contributed by atoms with Crippen LogP contribution in [0, 0.1) is 5.92 Å². The molecule has 0 radical (unpaired) electrons. The van der Waals surface area contributed by atoms with Gasteiger partial charge in [0, 0.05) is 6.07 Å². The molecule has 5 heteroatoms. The van der Waals surface area contributed by atoms with E-state index in [1.54, 1.807) is 32.2 Å². The number of piperidine rings is 1. The molecule has 1 saturated heterocycles. The van der Waals surface area contributed by atoms with E-state index in [1.165, 1.54) is 0 Å². The molecule has 0 amide bonds. The van der Waals surface area contributed by atoms with Crippen LogP contribution in [0.5, 0.6) is 11.5 Å². The lowest BCUT2D eigenvalue weighted by Crippen LogP contribution is -2.32. The third kappa shape index (κ3) is 4.37. The molecular formula is C17H25NO4. The molecule has 0 unspecified atom stereocenters. The van der Waals surface area contributed by atoms with Crippen molar-refractivity contribution in [3.63, 3.8) is 0 Å². The highest BCUT2D eigenvalue weighted by Crippen LogP contribution is 2.26. The van der Waals surface area contributed by atoms with Gasteiger partial charge in [-0.25, -0.2) is 4.79 Å². The average molecular weight is 307 g/mol. The molecule has 0 bridgehead atoms. The fraction of sp³-hybridized carbons (Fsp3) is 0.588. The summed E-state index contributed by atoms with van der Waals surface area (Å²) in [5.74, 6) is 1.43. The quantitative estimate of drug-likeness (QED) is 0.756. The second kappa shape index (κ2) is 8.03. The minimum atomic E-state index is -0.374. The summed E-state index contributed by atoms with van der Waals surface area (Å²) < 4.78 is 16.2. The summed E-state index contributed by atoms with van der Waals surface area (Å²) in [5, 5.41) is 0. The minimum absolute atomic E-state index is 0.344. The van der Waals surface area contributed by atoms with E-state index in [2.05, 4.69) is 11.9 Å². The van der Waals surface area contributed by atoms with Crippen LogP contribution in [0.25, 0.3) is 0 Å². The van der Waals surface area contributed by atoms with E-state index in [0.29, 0.717) is 30.4 Å². The number of rotatable bonds is 6. The highest BCUT2D eigenvalue weighted by molar-refractivity contribution is 5.92. The van der Waals surface area contributed by atoms with Gasteiger partial charge in [-0.3, -0.25) is 0 Å². The number of methoxy groups -OCH3 is 1. The SMILES string of the molecule is CCOC(=O)c1ccc(OCC2CCN(C)CC2)cc1OC. The van der Waals surface area contributed by atoms with Crippen LogP contribution in [0.3, 0.4) is 0 Å². The van der Waals surface area contributed by atoms with E-state index in [1.807, 2.05) is 0 Å². The summed E-state index contributed by atoms with van der Waals surface area (Å²) in [4.78, 5) is 14.2. The highest BCUT2D eigenvalue weighted by Gasteiger charge is 2.18. The molecular weight excluding hydrogens is 282 g/mol. The van der Waals surface area contributed by atoms with E-state index in [0.717, 1.165) is 31.7 Å². The van der Waals surface area contributed by atoms with Gasteiger partial charge in [-0.15, -0.1) is 0 Å². The zero-order chi connectivity index (χ0) is 15.9. The minimum Gasteiger partial charge on any atom is -0.496 e. The molecule has 0 aromatic heterocycles. The molecule has 1 aliphatic rings. The first-order valence-corrected chi connectivity index (χ1v) is 7.80. The van der Waals surface area contributed by atoms with Crippen molar-refractivity contribution in [3.05, 3.63) is 23.8 Å². The van der Waals surface area contributed by atoms with Crippen LogP contribution in [-0.2, 0) is 4.74 Å². The van der Waals surface area contributed by atoms with Crippen molar-refractivity contribution in [1.82, 2.24) is 4.90 Å². The van der Waals surface area contributed by atoms with Crippen molar-refractivity contribution < 1.29 is 19.0 Å². The molecule has 0 spiro atoms. The number of carbonyl (C=O) groups excluding carboxylic acids is 1. The first kappa shape index (κ1) is 16.6. The van der Waals surface area contributed by atoms with Crippen molar-refractivity contribution in [3.8, 4) is 11.5 Å². The second-order valence-electron chi connectivity index (χ2n) is 5.64. The average Bonchev–Trinajstić information content (AvgIpc) is 2.54. The number of carbonyl (C=O) groups is 1. The topological polar surface area (TPSA) is 48.0 Å². The van der Waals surface area contributed by atoms with Gasteiger partial charge in [0.15, 0.2) is 0 Å². The Morgan fingerprint density at radius 1 is 1.32 bits per heavy atom. The summed E-state index contributed by atoms with van der Waals surface area (Å²) in [6, 6.07) is 5.24. The monoisotopic (exact) mass is 307 g/mol. The van der Waals surface area contributed by atoms with Gasteiger partial charge in [0.2, 0.25) is 0 Å². The molecule has 1 aromatic carbocycles. The Hall–Kier alpha value is -1.75. The summed E-state index contributed by atoms with van der Waals surface area (Å²) >= 11 is 0. The van der Waals surface area contributed by atoms with Crippen LogP contribution in [0.2, 0.25) is 0 Å². The third-order valence-corrected chi connectivity index (χ3v) is 3.99. The van der Waals surface area contributed by atoms with Gasteiger partial charge in [-0.2, -0.15) is 0 Å². The Morgan fingerprint density at radius 2 is 2.05 bits per heavy atom. The molecule has 1 aromatic rings. The van der Waals surface area contributed by atoms with Gasteiger partial charge in [0.25, 0.3) is 0 Å². The first-order chi connectivity index (χ1) is 10.6.